The Morgan fingerprint density at radius 3 is 3.05 bits per heavy atom. The van der Waals surface area contributed by atoms with E-state index in [4.69, 9.17) is 9.47 Å². The number of fused-ring (bicyclic) bond motifs is 1. The maximum atomic E-state index is 11.9. The fraction of sp³-hybridized carbons (Fsp3) is 0.417. The summed E-state index contributed by atoms with van der Waals surface area (Å²) >= 11 is 0. The van der Waals surface area contributed by atoms with Crippen molar-refractivity contribution >= 4 is 17.5 Å². The Morgan fingerprint density at radius 1 is 1.58 bits per heavy atom. The topological polar surface area (TPSA) is 81.9 Å². The molecule has 19 heavy (non-hydrogen) atoms. The van der Waals surface area contributed by atoms with Gasteiger partial charge in [0.15, 0.2) is 0 Å². The lowest BCUT2D eigenvalue weighted by Gasteiger charge is -2.20. The maximum Gasteiger partial charge on any atom is 0.414 e. The zero-order chi connectivity index (χ0) is 13.8. The molecule has 0 N–H and O–H groups in total. The summed E-state index contributed by atoms with van der Waals surface area (Å²) in [6, 6.07) is 4.19. The van der Waals surface area contributed by atoms with Crippen molar-refractivity contribution in [2.75, 3.05) is 24.7 Å². The van der Waals surface area contributed by atoms with E-state index < -0.39 is 11.0 Å². The van der Waals surface area contributed by atoms with Gasteiger partial charge in [0.25, 0.3) is 5.69 Å². The highest BCUT2D eigenvalue weighted by atomic mass is 16.6. The molecule has 1 aromatic rings. The van der Waals surface area contributed by atoms with Crippen molar-refractivity contribution in [3.05, 3.63) is 28.3 Å². The van der Waals surface area contributed by atoms with Crippen LogP contribution in [0.15, 0.2) is 18.2 Å². The molecule has 1 aliphatic heterocycles. The van der Waals surface area contributed by atoms with Crippen LogP contribution < -0.4 is 9.64 Å². The van der Waals surface area contributed by atoms with Gasteiger partial charge in [0, 0.05) is 18.7 Å². The fourth-order valence-corrected chi connectivity index (χ4v) is 1.87. The first-order valence-corrected chi connectivity index (χ1v) is 5.99. The summed E-state index contributed by atoms with van der Waals surface area (Å²) in [5, 5.41) is 10.8. The van der Waals surface area contributed by atoms with Gasteiger partial charge in [-0.1, -0.05) is 0 Å². The number of carbonyl (C=O) groups excluding carboxylic acids is 1. The average Bonchev–Trinajstić information content (AvgIpc) is 2.60. The van der Waals surface area contributed by atoms with E-state index in [-0.39, 0.29) is 12.3 Å². The molecule has 1 aliphatic rings. The fourth-order valence-electron chi connectivity index (χ4n) is 1.87. The maximum absolute atomic E-state index is 11.9. The highest BCUT2D eigenvalue weighted by Gasteiger charge is 2.25. The molecular weight excluding hydrogens is 252 g/mol. The van der Waals surface area contributed by atoms with Crippen LogP contribution in [0.3, 0.4) is 0 Å². The molecule has 1 heterocycles. The number of benzene rings is 1. The first kappa shape index (κ1) is 13.1. The minimum atomic E-state index is -0.519. The zero-order valence-electron chi connectivity index (χ0n) is 10.5. The van der Waals surface area contributed by atoms with Crippen molar-refractivity contribution in [3.63, 3.8) is 0 Å². The molecule has 7 nitrogen and oxygen atoms in total. The van der Waals surface area contributed by atoms with E-state index in [9.17, 15) is 14.9 Å². The van der Waals surface area contributed by atoms with Crippen LogP contribution in [0.4, 0.5) is 16.2 Å². The Hall–Kier alpha value is -2.31. The van der Waals surface area contributed by atoms with Crippen molar-refractivity contribution in [1.29, 1.82) is 0 Å². The Morgan fingerprint density at radius 2 is 2.37 bits per heavy atom. The van der Waals surface area contributed by atoms with Crippen molar-refractivity contribution in [3.8, 4) is 5.75 Å². The van der Waals surface area contributed by atoms with Crippen LogP contribution in [0.1, 0.15) is 13.3 Å². The zero-order valence-corrected chi connectivity index (χ0v) is 10.5. The van der Waals surface area contributed by atoms with Crippen molar-refractivity contribution < 1.29 is 19.2 Å². The largest absolute Gasteiger partial charge is 0.491 e. The molecule has 0 aromatic heterocycles. The quantitative estimate of drug-likeness (QED) is 0.606. The monoisotopic (exact) mass is 266 g/mol. The summed E-state index contributed by atoms with van der Waals surface area (Å²) in [6.07, 6.45) is 0.121. The molecule has 7 heteroatoms. The lowest BCUT2D eigenvalue weighted by molar-refractivity contribution is -0.384. The predicted molar refractivity (Wildman–Crippen MR) is 67.6 cm³/mol. The molecular formula is C12H14N2O5. The molecule has 0 radical (unpaired) electrons. The predicted octanol–water partition coefficient (Wildman–Crippen LogP) is 2.34. The third-order valence-corrected chi connectivity index (χ3v) is 2.72. The molecule has 0 aliphatic carbocycles. The number of nitro groups is 1. The van der Waals surface area contributed by atoms with E-state index in [2.05, 4.69) is 0 Å². The van der Waals surface area contributed by atoms with E-state index >= 15 is 0 Å². The molecule has 1 amide bonds. The molecule has 0 atom stereocenters. The third kappa shape index (κ3) is 2.75. The van der Waals surface area contributed by atoms with Gasteiger partial charge in [-0.15, -0.1) is 0 Å². The summed E-state index contributed by atoms with van der Waals surface area (Å²) in [5.41, 5.74) is 0.295. The lowest BCUT2D eigenvalue weighted by Crippen LogP contribution is -2.32. The van der Waals surface area contributed by atoms with Crippen LogP contribution in [0, 0.1) is 10.1 Å². The molecule has 2 rings (SSSR count). The number of hydrogen-bond donors (Lipinski definition) is 0. The number of ether oxygens (including phenoxy) is 2. The Balaban J connectivity index is 2.41. The van der Waals surface area contributed by atoms with E-state index in [1.807, 2.05) is 0 Å². The number of nitro benzene ring substituents is 1. The van der Waals surface area contributed by atoms with Gasteiger partial charge in [-0.25, -0.2) is 4.79 Å². The van der Waals surface area contributed by atoms with Crippen LogP contribution >= 0.6 is 0 Å². The number of hydrogen-bond acceptors (Lipinski definition) is 5. The van der Waals surface area contributed by atoms with E-state index in [1.54, 1.807) is 6.92 Å². The lowest BCUT2D eigenvalue weighted by atomic mass is 10.2. The van der Waals surface area contributed by atoms with Crippen molar-refractivity contribution in [2.45, 2.75) is 13.3 Å². The van der Waals surface area contributed by atoms with Gasteiger partial charge >= 0.3 is 6.09 Å². The second-order valence-corrected chi connectivity index (χ2v) is 3.96. The van der Waals surface area contributed by atoms with E-state index in [1.165, 1.54) is 23.1 Å². The van der Waals surface area contributed by atoms with Gasteiger partial charge in [0.05, 0.1) is 23.8 Å². The number of amides is 1. The SMILES string of the molecule is CCOC(=O)N1CCCOc2ccc([N+](=O)[O-])cc21. The number of anilines is 1. The Labute approximate surface area is 109 Å². The van der Waals surface area contributed by atoms with Gasteiger partial charge in [-0.2, -0.15) is 0 Å². The number of non-ortho nitro benzene ring substituents is 1. The van der Waals surface area contributed by atoms with Gasteiger partial charge in [0.1, 0.15) is 5.75 Å². The molecule has 0 unspecified atom stereocenters. The van der Waals surface area contributed by atoms with Crippen LogP contribution in [-0.2, 0) is 4.74 Å². The number of carbonyl (C=O) groups is 1. The summed E-state index contributed by atoms with van der Waals surface area (Å²) in [5.74, 6) is 0.455. The van der Waals surface area contributed by atoms with Crippen LogP contribution in [0.2, 0.25) is 0 Å². The number of rotatable bonds is 2. The molecule has 1 aromatic carbocycles. The molecule has 0 spiro atoms. The number of nitrogens with zero attached hydrogens (tertiary/aromatic N) is 2. The summed E-state index contributed by atoms with van der Waals surface area (Å²) in [7, 11) is 0. The normalized spacial score (nSPS) is 14.1. The minimum Gasteiger partial charge on any atom is -0.491 e. The summed E-state index contributed by atoms with van der Waals surface area (Å²) in [4.78, 5) is 23.5. The van der Waals surface area contributed by atoms with Crippen molar-refractivity contribution in [1.82, 2.24) is 0 Å². The summed E-state index contributed by atoms with van der Waals surface area (Å²) in [6.45, 7) is 2.83. The molecule has 0 saturated carbocycles. The van der Waals surface area contributed by atoms with Crippen LogP contribution in [-0.4, -0.2) is 30.8 Å². The smallest absolute Gasteiger partial charge is 0.414 e. The van der Waals surface area contributed by atoms with E-state index in [0.29, 0.717) is 31.0 Å². The van der Waals surface area contributed by atoms with Crippen LogP contribution in [0.25, 0.3) is 0 Å². The molecule has 102 valence electrons. The highest BCUT2D eigenvalue weighted by molar-refractivity contribution is 5.90. The summed E-state index contributed by atoms with van der Waals surface area (Å²) < 4.78 is 10.4. The van der Waals surface area contributed by atoms with Gasteiger partial charge < -0.3 is 9.47 Å². The standard InChI is InChI=1S/C12H14N2O5/c1-2-18-12(15)13-6-3-7-19-11-5-4-9(14(16)17)8-10(11)13/h4-5,8H,2-3,6-7H2,1H3. The first-order valence-electron chi connectivity index (χ1n) is 5.99. The minimum absolute atomic E-state index is 0.0847. The Kier molecular flexibility index (Phi) is 3.84. The van der Waals surface area contributed by atoms with Crippen molar-refractivity contribution in [2.24, 2.45) is 0 Å². The van der Waals surface area contributed by atoms with Crippen LogP contribution in [0.5, 0.6) is 5.75 Å². The second kappa shape index (κ2) is 5.55. The van der Waals surface area contributed by atoms with Gasteiger partial charge in [-0.3, -0.25) is 15.0 Å². The third-order valence-electron chi connectivity index (χ3n) is 2.72. The Bertz CT molecular complexity index is 503. The van der Waals surface area contributed by atoms with Gasteiger partial charge in [0.2, 0.25) is 0 Å². The van der Waals surface area contributed by atoms with Gasteiger partial charge in [-0.05, 0) is 19.4 Å². The molecule has 0 fully saturated rings. The molecule has 0 bridgehead atoms. The second-order valence-electron chi connectivity index (χ2n) is 3.96. The average molecular weight is 266 g/mol. The highest BCUT2D eigenvalue weighted by Crippen LogP contribution is 2.34. The first-order chi connectivity index (χ1) is 9.13. The van der Waals surface area contributed by atoms with E-state index in [0.717, 1.165) is 0 Å². The molecule has 0 saturated heterocycles.